The van der Waals surface area contributed by atoms with Crippen LogP contribution in [0, 0.1) is 6.92 Å². The fourth-order valence-corrected chi connectivity index (χ4v) is 2.76. The number of aromatic nitrogens is 2. The molecule has 1 aromatic heterocycles. The van der Waals surface area contributed by atoms with E-state index in [2.05, 4.69) is 9.72 Å². The van der Waals surface area contributed by atoms with E-state index in [9.17, 15) is 18.0 Å². The highest BCUT2D eigenvalue weighted by Gasteiger charge is 2.27. The van der Waals surface area contributed by atoms with E-state index in [-0.39, 0.29) is 17.9 Å². The summed E-state index contributed by atoms with van der Waals surface area (Å²) in [6.07, 6.45) is 0.848. The average molecular weight is 319 g/mol. The maximum Gasteiger partial charge on any atom is 0.321 e. The number of nitrogens with one attached hydrogen (secondary N) is 1. The molecule has 10 heteroatoms. The maximum absolute atomic E-state index is 12.1. The predicted molar refractivity (Wildman–Crippen MR) is 70.9 cm³/mol. The molecular weight excluding hydrogens is 302 g/mol. The number of imidazole rings is 1. The topological polar surface area (TPSA) is 128 Å². The number of ether oxygens (including phenoxy) is 1. The number of rotatable bonds is 7. The van der Waals surface area contributed by atoms with E-state index in [1.54, 1.807) is 14.0 Å². The van der Waals surface area contributed by atoms with Crippen molar-refractivity contribution in [2.24, 2.45) is 7.05 Å². The second-order valence-corrected chi connectivity index (χ2v) is 6.03. The number of sulfonamides is 1. The zero-order valence-electron chi connectivity index (χ0n) is 11.9. The number of aryl methyl sites for hydroxylation is 2. The van der Waals surface area contributed by atoms with Gasteiger partial charge in [-0.15, -0.1) is 0 Å². The van der Waals surface area contributed by atoms with Crippen LogP contribution in [0.15, 0.2) is 11.2 Å². The molecule has 0 radical (unpaired) electrons. The van der Waals surface area contributed by atoms with Crippen molar-refractivity contribution >= 4 is 22.0 Å². The summed E-state index contributed by atoms with van der Waals surface area (Å²) in [6, 6.07) is -1.43. The lowest BCUT2D eigenvalue weighted by Gasteiger charge is -2.12. The van der Waals surface area contributed by atoms with Crippen LogP contribution in [0.4, 0.5) is 0 Å². The molecule has 2 N–H and O–H groups in total. The molecule has 0 aliphatic heterocycles. The molecule has 0 aromatic carbocycles. The van der Waals surface area contributed by atoms with Crippen molar-refractivity contribution in [2.45, 2.75) is 30.8 Å². The molecule has 0 saturated carbocycles. The average Bonchev–Trinajstić information content (AvgIpc) is 2.74. The fourth-order valence-electron chi connectivity index (χ4n) is 1.50. The van der Waals surface area contributed by atoms with Gasteiger partial charge in [0.1, 0.15) is 11.9 Å². The Bertz CT molecular complexity index is 617. The maximum atomic E-state index is 12.1. The van der Waals surface area contributed by atoms with Crippen LogP contribution in [0.3, 0.4) is 0 Å². The standard InChI is InChI=1S/C11H17N3O6S/c1-7-12-9(6-14(7)2)21(18,19)13-8(11(16)17)4-5-10(15)20-3/h6,8,13H,4-5H2,1-3H3,(H,16,17)/t8-/m1/s1. The summed E-state index contributed by atoms with van der Waals surface area (Å²) in [5.74, 6) is -1.53. The smallest absolute Gasteiger partial charge is 0.321 e. The number of carbonyl (C=O) groups excluding carboxylic acids is 1. The first-order valence-corrected chi connectivity index (χ1v) is 7.47. The van der Waals surface area contributed by atoms with E-state index >= 15 is 0 Å². The molecule has 0 spiro atoms. The number of carboxylic acid groups (broad SMARTS) is 1. The molecule has 0 amide bonds. The molecule has 0 aliphatic carbocycles. The van der Waals surface area contributed by atoms with Crippen LogP contribution in [0.5, 0.6) is 0 Å². The van der Waals surface area contributed by atoms with E-state index in [1.807, 2.05) is 4.72 Å². The zero-order chi connectivity index (χ0) is 16.2. The molecule has 1 atom stereocenters. The van der Waals surface area contributed by atoms with Crippen LogP contribution in [-0.4, -0.2) is 48.2 Å². The van der Waals surface area contributed by atoms with Crippen molar-refractivity contribution in [3.8, 4) is 0 Å². The largest absolute Gasteiger partial charge is 0.480 e. The van der Waals surface area contributed by atoms with Gasteiger partial charge in [0.25, 0.3) is 10.0 Å². The summed E-state index contributed by atoms with van der Waals surface area (Å²) in [7, 11) is -1.29. The van der Waals surface area contributed by atoms with Gasteiger partial charge in [-0.25, -0.2) is 13.4 Å². The third kappa shape index (κ3) is 4.53. The van der Waals surface area contributed by atoms with Crippen LogP contribution in [0.25, 0.3) is 0 Å². The second-order valence-electron chi connectivity index (χ2n) is 4.36. The molecule has 21 heavy (non-hydrogen) atoms. The monoisotopic (exact) mass is 319 g/mol. The number of nitrogens with zero attached hydrogens (tertiary/aromatic N) is 2. The van der Waals surface area contributed by atoms with Gasteiger partial charge in [0, 0.05) is 19.7 Å². The van der Waals surface area contributed by atoms with Crippen molar-refractivity contribution < 1.29 is 27.9 Å². The van der Waals surface area contributed by atoms with E-state index in [1.165, 1.54) is 17.9 Å². The van der Waals surface area contributed by atoms with Crippen molar-refractivity contribution in [1.29, 1.82) is 0 Å². The minimum absolute atomic E-state index is 0.211. The molecule has 118 valence electrons. The van der Waals surface area contributed by atoms with Crippen LogP contribution < -0.4 is 4.72 Å². The van der Waals surface area contributed by atoms with Gasteiger partial charge in [-0.3, -0.25) is 9.59 Å². The third-order valence-corrected chi connectivity index (χ3v) is 4.16. The summed E-state index contributed by atoms with van der Waals surface area (Å²) < 4.78 is 32.0. The molecular formula is C11H17N3O6S. The molecule has 1 aromatic rings. The summed E-state index contributed by atoms with van der Waals surface area (Å²) in [5.41, 5.74) is 0. The van der Waals surface area contributed by atoms with Crippen LogP contribution >= 0.6 is 0 Å². The lowest BCUT2D eigenvalue weighted by molar-refractivity contribution is -0.142. The Balaban J connectivity index is 2.87. The number of hydrogen-bond donors (Lipinski definition) is 2. The lowest BCUT2D eigenvalue weighted by Crippen LogP contribution is -2.41. The SMILES string of the molecule is COC(=O)CC[C@@H](NS(=O)(=O)c1cn(C)c(C)n1)C(=O)O. The van der Waals surface area contributed by atoms with Gasteiger partial charge in [-0.2, -0.15) is 4.72 Å². The van der Waals surface area contributed by atoms with E-state index in [4.69, 9.17) is 5.11 Å². The van der Waals surface area contributed by atoms with Crippen molar-refractivity contribution in [3.05, 3.63) is 12.0 Å². The number of aliphatic carboxylic acids is 1. The second kappa shape index (κ2) is 6.68. The number of carboxylic acids is 1. The van der Waals surface area contributed by atoms with Crippen molar-refractivity contribution in [3.63, 3.8) is 0 Å². The van der Waals surface area contributed by atoms with E-state index in [0.29, 0.717) is 5.82 Å². The first kappa shape index (κ1) is 17.1. The molecule has 0 aliphatic rings. The van der Waals surface area contributed by atoms with Gasteiger partial charge in [-0.05, 0) is 13.3 Å². The van der Waals surface area contributed by atoms with Crippen LogP contribution in [0.2, 0.25) is 0 Å². The Hall–Kier alpha value is -1.94. The highest BCUT2D eigenvalue weighted by molar-refractivity contribution is 7.89. The quantitative estimate of drug-likeness (QED) is 0.643. The van der Waals surface area contributed by atoms with Gasteiger partial charge >= 0.3 is 11.9 Å². The van der Waals surface area contributed by atoms with E-state index < -0.39 is 28.0 Å². The third-order valence-electron chi connectivity index (χ3n) is 2.82. The number of carbonyl (C=O) groups is 2. The molecule has 0 saturated heterocycles. The lowest BCUT2D eigenvalue weighted by atomic mass is 10.2. The van der Waals surface area contributed by atoms with E-state index in [0.717, 1.165) is 0 Å². The molecule has 1 heterocycles. The summed E-state index contributed by atoms with van der Waals surface area (Å²) >= 11 is 0. The Kier molecular flexibility index (Phi) is 5.44. The molecule has 9 nitrogen and oxygen atoms in total. The Morgan fingerprint density at radius 1 is 1.52 bits per heavy atom. The van der Waals surface area contributed by atoms with Crippen LogP contribution in [0.1, 0.15) is 18.7 Å². The van der Waals surface area contributed by atoms with Gasteiger partial charge < -0.3 is 14.4 Å². The first-order valence-electron chi connectivity index (χ1n) is 5.99. The highest BCUT2D eigenvalue weighted by atomic mass is 32.2. The first-order chi connectivity index (χ1) is 9.67. The van der Waals surface area contributed by atoms with Crippen molar-refractivity contribution in [2.75, 3.05) is 7.11 Å². The fraction of sp³-hybridized carbons (Fsp3) is 0.545. The van der Waals surface area contributed by atoms with Crippen molar-refractivity contribution in [1.82, 2.24) is 14.3 Å². The number of methoxy groups -OCH3 is 1. The highest BCUT2D eigenvalue weighted by Crippen LogP contribution is 2.10. The van der Waals surface area contributed by atoms with Gasteiger partial charge in [0.15, 0.2) is 5.03 Å². The predicted octanol–water partition coefficient (Wildman–Crippen LogP) is -0.587. The minimum Gasteiger partial charge on any atom is -0.480 e. The summed E-state index contributed by atoms with van der Waals surface area (Å²) in [5, 5.41) is 8.75. The molecule has 0 fully saturated rings. The van der Waals surface area contributed by atoms with Gasteiger partial charge in [-0.1, -0.05) is 0 Å². The summed E-state index contributed by atoms with van der Waals surface area (Å²) in [4.78, 5) is 25.9. The molecule has 1 rings (SSSR count). The van der Waals surface area contributed by atoms with Crippen LogP contribution in [-0.2, 0) is 31.4 Å². The molecule has 0 bridgehead atoms. The Morgan fingerprint density at radius 2 is 2.14 bits per heavy atom. The number of hydrogen-bond acceptors (Lipinski definition) is 6. The van der Waals surface area contributed by atoms with Gasteiger partial charge in [0.2, 0.25) is 0 Å². The Morgan fingerprint density at radius 3 is 2.57 bits per heavy atom. The minimum atomic E-state index is -4.08. The molecule has 0 unspecified atom stereocenters. The summed E-state index contributed by atoms with van der Waals surface area (Å²) in [6.45, 7) is 1.62. The Labute approximate surface area is 122 Å². The van der Waals surface area contributed by atoms with Gasteiger partial charge in [0.05, 0.1) is 7.11 Å². The zero-order valence-corrected chi connectivity index (χ0v) is 12.7. The normalized spacial score (nSPS) is 12.9. The number of esters is 1.